The molecular weight excluding hydrogens is 356 g/mol. The first-order valence-electron chi connectivity index (χ1n) is 10.7. The number of hydrogen-bond acceptors (Lipinski definition) is 5. The largest absolute Gasteiger partial charge is 0.463 e. The first-order valence-corrected chi connectivity index (χ1v) is 10.7. The summed E-state index contributed by atoms with van der Waals surface area (Å²) < 4.78 is 9.39. The Labute approximate surface area is 172 Å². The third-order valence-corrected chi connectivity index (χ3v) is 4.08. The fourth-order valence-corrected chi connectivity index (χ4v) is 2.44. The smallest absolute Gasteiger partial charge is 0.333 e. The molecule has 0 spiro atoms. The lowest BCUT2D eigenvalue weighted by Gasteiger charge is -2.03. The summed E-state index contributed by atoms with van der Waals surface area (Å²) in [6, 6.07) is 0. The summed E-state index contributed by atoms with van der Waals surface area (Å²) in [5, 5.41) is 8.19. The van der Waals surface area contributed by atoms with E-state index in [4.69, 9.17) is 9.84 Å². The number of carbonyl (C=O) groups is 2. The quantitative estimate of drug-likeness (QED) is 0.198. The number of aliphatic hydroxyl groups is 1. The molecule has 5 heteroatoms. The van der Waals surface area contributed by atoms with E-state index in [9.17, 15) is 9.59 Å². The van der Waals surface area contributed by atoms with Crippen molar-refractivity contribution in [2.75, 3.05) is 19.8 Å². The van der Waals surface area contributed by atoms with Gasteiger partial charge in [0.15, 0.2) is 0 Å². The van der Waals surface area contributed by atoms with Crippen molar-refractivity contribution in [1.82, 2.24) is 0 Å². The van der Waals surface area contributed by atoms with Crippen LogP contribution in [0.4, 0.5) is 0 Å². The van der Waals surface area contributed by atoms with E-state index in [0.29, 0.717) is 12.2 Å². The molecule has 0 amide bonds. The fraction of sp³-hybridized carbons (Fsp3) is 0.739. The third kappa shape index (κ3) is 24.4. The van der Waals surface area contributed by atoms with E-state index in [0.717, 1.165) is 6.42 Å². The number of esters is 2. The topological polar surface area (TPSA) is 72.8 Å². The minimum atomic E-state index is -0.455. The minimum Gasteiger partial charge on any atom is -0.463 e. The number of carbonyl (C=O) groups excluding carboxylic acids is 2. The molecule has 5 nitrogen and oxygen atoms in total. The molecule has 0 atom stereocenters. The summed E-state index contributed by atoms with van der Waals surface area (Å²) in [4.78, 5) is 21.2. The van der Waals surface area contributed by atoms with Crippen molar-refractivity contribution in [3.63, 3.8) is 0 Å². The van der Waals surface area contributed by atoms with E-state index in [2.05, 4.69) is 24.8 Å². The van der Waals surface area contributed by atoms with Crippen molar-refractivity contribution in [3.8, 4) is 0 Å². The Hall–Kier alpha value is -1.62. The molecule has 0 radical (unpaired) electrons. The van der Waals surface area contributed by atoms with Gasteiger partial charge in [0, 0.05) is 11.6 Å². The van der Waals surface area contributed by atoms with Crippen molar-refractivity contribution in [2.45, 2.75) is 90.9 Å². The zero-order valence-corrected chi connectivity index (χ0v) is 18.2. The Bertz CT molecular complexity index is 404. The summed E-state index contributed by atoms with van der Waals surface area (Å²) in [6.45, 7) is 11.0. The van der Waals surface area contributed by atoms with Crippen molar-refractivity contribution >= 4 is 11.9 Å². The van der Waals surface area contributed by atoms with Gasteiger partial charge >= 0.3 is 11.9 Å². The van der Waals surface area contributed by atoms with Gasteiger partial charge in [-0.05, 0) is 13.3 Å². The lowest BCUT2D eigenvalue weighted by atomic mass is 10.1. The third-order valence-electron chi connectivity index (χ3n) is 4.08. The van der Waals surface area contributed by atoms with E-state index in [1.807, 2.05) is 0 Å². The highest BCUT2D eigenvalue weighted by Crippen LogP contribution is 2.11. The molecule has 28 heavy (non-hydrogen) atoms. The molecular formula is C23H42O5. The molecule has 1 N–H and O–H groups in total. The molecule has 0 rings (SSSR count). The van der Waals surface area contributed by atoms with E-state index in [1.165, 1.54) is 76.7 Å². The summed E-state index contributed by atoms with van der Waals surface area (Å²) in [7, 11) is 0. The second kappa shape index (κ2) is 23.4. The molecule has 0 aromatic carbocycles. The first-order chi connectivity index (χ1) is 13.5. The highest BCUT2D eigenvalue weighted by molar-refractivity contribution is 5.86. The fourth-order valence-electron chi connectivity index (χ4n) is 2.44. The van der Waals surface area contributed by atoms with Gasteiger partial charge < -0.3 is 14.6 Å². The van der Waals surface area contributed by atoms with Gasteiger partial charge in [-0.1, -0.05) is 90.7 Å². The predicted octanol–water partition coefficient (Wildman–Crippen LogP) is 5.51. The van der Waals surface area contributed by atoms with Gasteiger partial charge in [-0.2, -0.15) is 0 Å². The van der Waals surface area contributed by atoms with Crippen molar-refractivity contribution in [1.29, 1.82) is 0 Å². The molecule has 0 aliphatic heterocycles. The second-order valence-electron chi connectivity index (χ2n) is 6.90. The van der Waals surface area contributed by atoms with Crippen LogP contribution in [-0.2, 0) is 19.1 Å². The summed E-state index contributed by atoms with van der Waals surface area (Å²) in [6.07, 6.45) is 17.1. The Morgan fingerprint density at radius 1 is 0.821 bits per heavy atom. The van der Waals surface area contributed by atoms with Crippen LogP contribution < -0.4 is 0 Å². The molecule has 164 valence electrons. The SMILES string of the molecule is C=C(C)C(=O)OCCO.C=CC(=O)OCCCCCCCCCCCCCC. The average molecular weight is 399 g/mol. The van der Waals surface area contributed by atoms with Crippen LogP contribution in [0.5, 0.6) is 0 Å². The molecule has 0 heterocycles. The van der Waals surface area contributed by atoms with Gasteiger partial charge in [-0.15, -0.1) is 0 Å². The monoisotopic (exact) mass is 398 g/mol. The Kier molecular flexibility index (Phi) is 23.9. The van der Waals surface area contributed by atoms with Crippen LogP contribution in [0.3, 0.4) is 0 Å². The van der Waals surface area contributed by atoms with Gasteiger partial charge in [0.2, 0.25) is 0 Å². The van der Waals surface area contributed by atoms with Crippen molar-refractivity contribution in [3.05, 3.63) is 24.8 Å². The molecule has 0 bridgehead atoms. The Balaban J connectivity index is 0. The zero-order valence-electron chi connectivity index (χ0n) is 18.2. The number of hydrogen-bond donors (Lipinski definition) is 1. The van der Waals surface area contributed by atoms with Crippen LogP contribution in [0.1, 0.15) is 90.9 Å². The maximum Gasteiger partial charge on any atom is 0.333 e. The molecule has 0 fully saturated rings. The van der Waals surface area contributed by atoms with Crippen LogP contribution in [0.15, 0.2) is 24.8 Å². The average Bonchev–Trinajstić information content (AvgIpc) is 2.69. The maximum absolute atomic E-state index is 10.8. The first kappa shape index (κ1) is 28.6. The van der Waals surface area contributed by atoms with Crippen LogP contribution in [0, 0.1) is 0 Å². The van der Waals surface area contributed by atoms with Gasteiger partial charge in [-0.3, -0.25) is 0 Å². The highest BCUT2D eigenvalue weighted by atomic mass is 16.5. The van der Waals surface area contributed by atoms with E-state index < -0.39 is 5.97 Å². The van der Waals surface area contributed by atoms with Gasteiger partial charge in [0.05, 0.1) is 13.2 Å². The van der Waals surface area contributed by atoms with Crippen LogP contribution in [-0.4, -0.2) is 36.9 Å². The normalized spacial score (nSPS) is 9.82. The summed E-state index contributed by atoms with van der Waals surface area (Å²) >= 11 is 0. The molecule has 0 saturated carbocycles. The molecule has 0 aliphatic rings. The van der Waals surface area contributed by atoms with Crippen LogP contribution in [0.25, 0.3) is 0 Å². The van der Waals surface area contributed by atoms with Crippen LogP contribution >= 0.6 is 0 Å². The van der Waals surface area contributed by atoms with Gasteiger partial charge in [0.25, 0.3) is 0 Å². The maximum atomic E-state index is 10.8. The zero-order chi connectivity index (χ0) is 21.5. The van der Waals surface area contributed by atoms with Gasteiger partial charge in [-0.25, -0.2) is 9.59 Å². The molecule has 0 aliphatic carbocycles. The lowest BCUT2D eigenvalue weighted by molar-refractivity contribution is -0.140. The Morgan fingerprint density at radius 3 is 1.68 bits per heavy atom. The number of unbranched alkanes of at least 4 members (excludes halogenated alkanes) is 11. The number of aliphatic hydroxyl groups excluding tert-OH is 1. The van der Waals surface area contributed by atoms with Gasteiger partial charge in [0.1, 0.15) is 6.61 Å². The summed E-state index contributed by atoms with van der Waals surface area (Å²) in [5.41, 5.74) is 0.350. The summed E-state index contributed by atoms with van der Waals surface area (Å²) in [5.74, 6) is -0.757. The second-order valence-corrected chi connectivity index (χ2v) is 6.90. The molecule has 0 saturated heterocycles. The Morgan fingerprint density at radius 2 is 1.29 bits per heavy atom. The number of rotatable bonds is 17. The van der Waals surface area contributed by atoms with E-state index in [1.54, 1.807) is 6.92 Å². The minimum absolute atomic E-state index is 0.0473. The lowest BCUT2D eigenvalue weighted by Crippen LogP contribution is -2.08. The van der Waals surface area contributed by atoms with E-state index in [-0.39, 0.29) is 19.2 Å². The standard InChI is InChI=1S/C17H32O2.C6H10O3/c1-3-5-6-7-8-9-10-11-12-13-14-15-16-19-17(18)4-2;1-5(2)6(8)9-4-3-7/h4H,2-3,5-16H2,1H3;7H,1,3-4H2,2H3. The molecule has 0 unspecified atom stereocenters. The molecule has 0 aromatic rings. The van der Waals surface area contributed by atoms with Crippen LogP contribution in [0.2, 0.25) is 0 Å². The van der Waals surface area contributed by atoms with Crippen molar-refractivity contribution in [2.24, 2.45) is 0 Å². The number of ether oxygens (including phenoxy) is 2. The molecule has 0 aromatic heterocycles. The highest BCUT2D eigenvalue weighted by Gasteiger charge is 2.00. The van der Waals surface area contributed by atoms with Crippen molar-refractivity contribution < 1.29 is 24.2 Å². The predicted molar refractivity (Wildman–Crippen MR) is 115 cm³/mol. The van der Waals surface area contributed by atoms with E-state index >= 15 is 0 Å².